The van der Waals surface area contributed by atoms with Crippen LogP contribution in [0.5, 0.6) is 5.75 Å². The maximum atomic E-state index is 12.7. The van der Waals surface area contributed by atoms with Gasteiger partial charge in [0.15, 0.2) is 0 Å². The summed E-state index contributed by atoms with van der Waals surface area (Å²) in [7, 11) is 3.82. The van der Waals surface area contributed by atoms with Gasteiger partial charge in [-0.2, -0.15) is 0 Å². The van der Waals surface area contributed by atoms with Gasteiger partial charge in [-0.3, -0.25) is 14.5 Å². The number of carbonyl (C=O) groups is 2. The van der Waals surface area contributed by atoms with Gasteiger partial charge in [-0.1, -0.05) is 30.3 Å². The molecule has 6 nitrogen and oxygen atoms in total. The van der Waals surface area contributed by atoms with E-state index in [-0.39, 0.29) is 18.4 Å². The Morgan fingerprint density at radius 2 is 1.76 bits per heavy atom. The highest BCUT2D eigenvalue weighted by Gasteiger charge is 2.47. The molecule has 2 heterocycles. The van der Waals surface area contributed by atoms with Gasteiger partial charge in [-0.15, -0.1) is 0 Å². The van der Waals surface area contributed by atoms with Crippen molar-refractivity contribution in [2.45, 2.75) is 6.04 Å². The lowest BCUT2D eigenvalue weighted by Gasteiger charge is -2.27. The van der Waals surface area contributed by atoms with Crippen LogP contribution in [0.4, 0.5) is 0 Å². The van der Waals surface area contributed by atoms with Crippen molar-refractivity contribution in [3.63, 3.8) is 0 Å². The summed E-state index contributed by atoms with van der Waals surface area (Å²) in [4.78, 5) is 29.2. The average molecular weight is 393 g/mol. The molecule has 2 aliphatic rings. The zero-order valence-electron chi connectivity index (χ0n) is 16.9. The Balaban J connectivity index is 1.37. The minimum Gasteiger partial charge on any atom is -0.497 e. The highest BCUT2D eigenvalue weighted by Crippen LogP contribution is 2.44. The summed E-state index contributed by atoms with van der Waals surface area (Å²) in [5.41, 5.74) is 1.83. The van der Waals surface area contributed by atoms with E-state index in [0.29, 0.717) is 23.4 Å². The topological polar surface area (TPSA) is 61.9 Å². The van der Waals surface area contributed by atoms with Crippen molar-refractivity contribution in [2.75, 3.05) is 40.3 Å². The first kappa shape index (κ1) is 19.5. The number of nitrogens with zero attached hydrogens (tertiary/aromatic N) is 2. The lowest BCUT2D eigenvalue weighted by molar-refractivity contribution is -0.129. The van der Waals surface area contributed by atoms with Gasteiger partial charge in [0.25, 0.3) is 5.91 Å². The Morgan fingerprint density at radius 3 is 2.45 bits per heavy atom. The monoisotopic (exact) mass is 393 g/mol. The van der Waals surface area contributed by atoms with E-state index in [1.807, 2.05) is 35.2 Å². The molecule has 6 heteroatoms. The first-order valence-electron chi connectivity index (χ1n) is 10.0. The van der Waals surface area contributed by atoms with Crippen LogP contribution in [0.15, 0.2) is 54.6 Å². The van der Waals surface area contributed by atoms with E-state index in [9.17, 15) is 9.59 Å². The van der Waals surface area contributed by atoms with Crippen LogP contribution in [0.1, 0.15) is 22.0 Å². The fourth-order valence-corrected chi connectivity index (χ4v) is 4.72. The van der Waals surface area contributed by atoms with Crippen LogP contribution in [0, 0.1) is 11.8 Å². The zero-order valence-corrected chi connectivity index (χ0v) is 16.9. The number of methoxy groups -OCH3 is 1. The molecule has 0 unspecified atom stereocenters. The largest absolute Gasteiger partial charge is 0.497 e. The van der Waals surface area contributed by atoms with Crippen LogP contribution < -0.4 is 10.1 Å². The molecule has 0 saturated carbocycles. The lowest BCUT2D eigenvalue weighted by atomic mass is 9.89. The minimum atomic E-state index is -0.214. The minimum absolute atomic E-state index is 0.0141. The third-order valence-electron chi connectivity index (χ3n) is 6.14. The molecule has 29 heavy (non-hydrogen) atoms. The number of amides is 2. The summed E-state index contributed by atoms with van der Waals surface area (Å²) >= 11 is 0. The van der Waals surface area contributed by atoms with E-state index in [1.54, 1.807) is 19.2 Å². The Kier molecular flexibility index (Phi) is 5.53. The molecule has 2 aliphatic heterocycles. The zero-order chi connectivity index (χ0) is 20.4. The number of rotatable bonds is 5. The second kappa shape index (κ2) is 8.25. The number of fused-ring (bicyclic) bond motifs is 1. The summed E-state index contributed by atoms with van der Waals surface area (Å²) in [5.74, 6) is 1.49. The van der Waals surface area contributed by atoms with Gasteiger partial charge in [-0.05, 0) is 42.8 Å². The van der Waals surface area contributed by atoms with E-state index in [1.165, 1.54) is 5.56 Å². The van der Waals surface area contributed by atoms with Crippen LogP contribution in [-0.4, -0.2) is 62.0 Å². The molecule has 2 aromatic carbocycles. The molecule has 3 atom stereocenters. The fourth-order valence-electron chi connectivity index (χ4n) is 4.72. The molecule has 0 radical (unpaired) electrons. The molecule has 1 N–H and O–H groups in total. The van der Waals surface area contributed by atoms with E-state index in [2.05, 4.69) is 29.4 Å². The van der Waals surface area contributed by atoms with Crippen molar-refractivity contribution in [1.82, 2.24) is 15.1 Å². The van der Waals surface area contributed by atoms with Crippen molar-refractivity contribution in [3.05, 3.63) is 65.7 Å². The number of carbonyl (C=O) groups excluding carboxylic acids is 2. The van der Waals surface area contributed by atoms with Gasteiger partial charge in [0.1, 0.15) is 5.75 Å². The highest BCUT2D eigenvalue weighted by atomic mass is 16.5. The number of ether oxygens (including phenoxy) is 1. The summed E-state index contributed by atoms with van der Waals surface area (Å²) in [6.07, 6.45) is 0. The standard InChI is InChI=1S/C23H27N3O3/c1-25-13-18-14-26(21(27)12-24-23(28)17-6-4-3-5-7-17)15-20(18)22(25)16-8-10-19(29-2)11-9-16/h3-11,18,20,22H,12-15H2,1-2H3,(H,24,28)/t18-,20+,22-/m0/s1. The molecule has 2 amide bonds. The number of hydrogen-bond donors (Lipinski definition) is 1. The van der Waals surface area contributed by atoms with E-state index < -0.39 is 0 Å². The van der Waals surface area contributed by atoms with Crippen LogP contribution >= 0.6 is 0 Å². The van der Waals surface area contributed by atoms with Gasteiger partial charge in [0, 0.05) is 37.2 Å². The van der Waals surface area contributed by atoms with Gasteiger partial charge in [0.05, 0.1) is 13.7 Å². The summed E-state index contributed by atoms with van der Waals surface area (Å²) in [6, 6.07) is 17.5. The first-order valence-corrected chi connectivity index (χ1v) is 10.0. The highest BCUT2D eigenvalue weighted by molar-refractivity contribution is 5.96. The normalized spacial score (nSPS) is 23.7. The Morgan fingerprint density at radius 1 is 1.03 bits per heavy atom. The maximum absolute atomic E-state index is 12.7. The van der Waals surface area contributed by atoms with Crippen LogP contribution in [0.2, 0.25) is 0 Å². The summed E-state index contributed by atoms with van der Waals surface area (Å²) in [5, 5.41) is 2.75. The van der Waals surface area contributed by atoms with Gasteiger partial charge >= 0.3 is 0 Å². The second-order valence-electron chi connectivity index (χ2n) is 7.93. The lowest BCUT2D eigenvalue weighted by Crippen LogP contribution is -2.40. The van der Waals surface area contributed by atoms with E-state index in [4.69, 9.17) is 4.74 Å². The first-order chi connectivity index (χ1) is 14.1. The average Bonchev–Trinajstić information content (AvgIpc) is 3.29. The molecule has 0 aromatic heterocycles. The molecule has 2 aromatic rings. The molecule has 152 valence electrons. The Labute approximate surface area is 171 Å². The van der Waals surface area contributed by atoms with E-state index >= 15 is 0 Å². The van der Waals surface area contributed by atoms with Crippen molar-refractivity contribution in [1.29, 1.82) is 0 Å². The number of likely N-dealkylation sites (tertiary alicyclic amines) is 2. The maximum Gasteiger partial charge on any atom is 0.251 e. The number of nitrogens with one attached hydrogen (secondary N) is 1. The predicted octanol–water partition coefficient (Wildman–Crippen LogP) is 2.19. The van der Waals surface area contributed by atoms with Crippen molar-refractivity contribution >= 4 is 11.8 Å². The Bertz CT molecular complexity index is 869. The second-order valence-corrected chi connectivity index (χ2v) is 7.93. The quantitative estimate of drug-likeness (QED) is 0.846. The SMILES string of the molecule is COc1ccc([C@H]2[C@@H]3CN(C(=O)CNC(=O)c4ccccc4)C[C@@H]3CN2C)cc1. The molecule has 0 bridgehead atoms. The van der Waals surface area contributed by atoms with Gasteiger partial charge in [0.2, 0.25) is 5.91 Å². The van der Waals surface area contributed by atoms with E-state index in [0.717, 1.165) is 25.4 Å². The molecule has 2 fully saturated rings. The Hall–Kier alpha value is -2.86. The smallest absolute Gasteiger partial charge is 0.251 e. The van der Waals surface area contributed by atoms with Crippen molar-refractivity contribution in [3.8, 4) is 5.75 Å². The summed E-state index contributed by atoms with van der Waals surface area (Å²) in [6.45, 7) is 2.49. The number of hydrogen-bond acceptors (Lipinski definition) is 4. The van der Waals surface area contributed by atoms with Crippen molar-refractivity contribution < 1.29 is 14.3 Å². The summed E-state index contributed by atoms with van der Waals surface area (Å²) < 4.78 is 5.27. The van der Waals surface area contributed by atoms with Crippen LogP contribution in [0.3, 0.4) is 0 Å². The fraction of sp³-hybridized carbons (Fsp3) is 0.391. The molecule has 0 spiro atoms. The van der Waals surface area contributed by atoms with Gasteiger partial charge < -0.3 is 15.0 Å². The van der Waals surface area contributed by atoms with Crippen molar-refractivity contribution in [2.24, 2.45) is 11.8 Å². The third-order valence-corrected chi connectivity index (χ3v) is 6.14. The molecule has 2 saturated heterocycles. The predicted molar refractivity (Wildman–Crippen MR) is 111 cm³/mol. The molecular weight excluding hydrogens is 366 g/mol. The third kappa shape index (κ3) is 3.98. The molecular formula is C23H27N3O3. The van der Waals surface area contributed by atoms with Crippen LogP contribution in [0.25, 0.3) is 0 Å². The number of benzene rings is 2. The molecule has 4 rings (SSSR count). The van der Waals surface area contributed by atoms with Crippen LogP contribution in [-0.2, 0) is 4.79 Å². The molecule has 0 aliphatic carbocycles. The van der Waals surface area contributed by atoms with Gasteiger partial charge in [-0.25, -0.2) is 0 Å².